The van der Waals surface area contributed by atoms with Gasteiger partial charge in [-0.25, -0.2) is 0 Å². The molecule has 0 aromatic rings. The Morgan fingerprint density at radius 2 is 2.00 bits per heavy atom. The van der Waals surface area contributed by atoms with E-state index in [1.165, 1.54) is 23.5 Å². The van der Waals surface area contributed by atoms with Crippen LogP contribution in [0.2, 0.25) is 5.31 Å². The van der Waals surface area contributed by atoms with Gasteiger partial charge in [-0.05, 0) is 24.8 Å². The number of aliphatic imine (C=N–C) groups is 1. The first-order valence-corrected chi connectivity index (χ1v) is 6.73. The molecule has 0 aromatic carbocycles. The highest BCUT2D eigenvalue weighted by Crippen LogP contribution is 2.44. The van der Waals surface area contributed by atoms with Gasteiger partial charge in [0.15, 0.2) is 0 Å². The normalized spacial score (nSPS) is 30.9. The number of amidine groups is 1. The van der Waals surface area contributed by atoms with Crippen LogP contribution in [0.25, 0.3) is 0 Å². The van der Waals surface area contributed by atoms with E-state index in [9.17, 15) is 0 Å². The van der Waals surface area contributed by atoms with Crippen LogP contribution in [-0.4, -0.2) is 32.7 Å². The molecule has 0 bridgehead atoms. The zero-order valence-electron chi connectivity index (χ0n) is 12.0. The Kier molecular flexibility index (Phi) is 4.85. The SMILES string of the molecule is CC.[B]C1(C)CCCC2=C(CC(=NC)N2C)C1. The summed E-state index contributed by atoms with van der Waals surface area (Å²) in [5.41, 5.74) is 2.99. The van der Waals surface area contributed by atoms with E-state index in [1.807, 2.05) is 20.9 Å². The lowest BCUT2D eigenvalue weighted by Gasteiger charge is -2.23. The van der Waals surface area contributed by atoms with Crippen molar-refractivity contribution in [2.24, 2.45) is 4.99 Å². The zero-order valence-corrected chi connectivity index (χ0v) is 12.0. The first kappa shape index (κ1) is 14.3. The molecule has 94 valence electrons. The van der Waals surface area contributed by atoms with E-state index < -0.39 is 0 Å². The quantitative estimate of drug-likeness (QED) is 0.583. The molecule has 2 aliphatic rings. The first-order valence-electron chi connectivity index (χ1n) is 6.73. The molecule has 0 spiro atoms. The number of hydrogen-bond donors (Lipinski definition) is 0. The average molecular weight is 232 g/mol. The van der Waals surface area contributed by atoms with Crippen molar-refractivity contribution in [3.05, 3.63) is 11.3 Å². The van der Waals surface area contributed by atoms with Crippen molar-refractivity contribution >= 4 is 13.7 Å². The molecule has 0 aromatic heterocycles. The summed E-state index contributed by atoms with van der Waals surface area (Å²) in [5, 5.41) is -0.0128. The first-order chi connectivity index (χ1) is 8.03. The summed E-state index contributed by atoms with van der Waals surface area (Å²) in [6, 6.07) is 0. The molecule has 0 saturated carbocycles. The Labute approximate surface area is 108 Å². The van der Waals surface area contributed by atoms with Gasteiger partial charge in [0.2, 0.25) is 0 Å². The predicted octanol–water partition coefficient (Wildman–Crippen LogP) is 3.55. The van der Waals surface area contributed by atoms with Crippen LogP contribution >= 0.6 is 0 Å². The molecule has 2 radical (unpaired) electrons. The summed E-state index contributed by atoms with van der Waals surface area (Å²) in [6.45, 7) is 6.17. The highest BCUT2D eigenvalue weighted by atomic mass is 15.2. The van der Waals surface area contributed by atoms with Crippen LogP contribution in [0.15, 0.2) is 16.3 Å². The number of rotatable bonds is 0. The van der Waals surface area contributed by atoms with Crippen molar-refractivity contribution < 1.29 is 0 Å². The maximum Gasteiger partial charge on any atom is 0.107 e. The van der Waals surface area contributed by atoms with E-state index in [-0.39, 0.29) is 5.31 Å². The van der Waals surface area contributed by atoms with Crippen molar-refractivity contribution in [3.63, 3.8) is 0 Å². The number of allylic oxidation sites excluding steroid dienone is 1. The molecule has 1 unspecified atom stereocenters. The number of nitrogens with zero attached hydrogens (tertiary/aromatic N) is 2. The van der Waals surface area contributed by atoms with Crippen LogP contribution in [0.4, 0.5) is 0 Å². The molecule has 0 N–H and O–H groups in total. The Balaban J connectivity index is 0.000000686. The monoisotopic (exact) mass is 232 g/mol. The molecule has 1 atom stereocenters. The average Bonchev–Trinajstić information content (AvgIpc) is 2.50. The molecule has 2 nitrogen and oxygen atoms in total. The summed E-state index contributed by atoms with van der Waals surface area (Å²) in [5.74, 6) is 1.19. The molecule has 0 saturated heterocycles. The minimum absolute atomic E-state index is 0.0128. The molecular formula is C14H25BN2. The summed E-state index contributed by atoms with van der Waals surface area (Å²) in [6.07, 6.45) is 5.54. The molecule has 1 heterocycles. The van der Waals surface area contributed by atoms with Crippen LogP contribution < -0.4 is 0 Å². The molecule has 0 fully saturated rings. The maximum absolute atomic E-state index is 6.27. The van der Waals surface area contributed by atoms with E-state index in [0.717, 1.165) is 25.7 Å². The number of hydrogen-bond acceptors (Lipinski definition) is 1. The van der Waals surface area contributed by atoms with Crippen LogP contribution in [0.3, 0.4) is 0 Å². The van der Waals surface area contributed by atoms with Gasteiger partial charge in [-0.2, -0.15) is 0 Å². The minimum Gasteiger partial charge on any atom is -0.337 e. The Bertz CT molecular complexity index is 329. The van der Waals surface area contributed by atoms with Gasteiger partial charge in [0.25, 0.3) is 0 Å². The summed E-state index contributed by atoms with van der Waals surface area (Å²) in [4.78, 5) is 6.59. The van der Waals surface area contributed by atoms with E-state index in [2.05, 4.69) is 23.9 Å². The van der Waals surface area contributed by atoms with Gasteiger partial charge in [-0.1, -0.05) is 32.5 Å². The Hall–Kier alpha value is -0.725. The summed E-state index contributed by atoms with van der Waals surface area (Å²) in [7, 11) is 10.3. The topological polar surface area (TPSA) is 15.6 Å². The maximum atomic E-state index is 6.27. The van der Waals surface area contributed by atoms with E-state index >= 15 is 0 Å². The lowest BCUT2D eigenvalue weighted by atomic mass is 9.64. The van der Waals surface area contributed by atoms with Crippen molar-refractivity contribution in [1.82, 2.24) is 4.90 Å². The van der Waals surface area contributed by atoms with Gasteiger partial charge in [-0.3, -0.25) is 4.99 Å². The standard InChI is InChI=1S/C12H19BN2.C2H6/c1-12(13)6-4-5-10-9(8-12)7-11(14-2)15(10)3;1-2/h4-8H2,1-3H3;1-2H3. The third-order valence-electron chi connectivity index (χ3n) is 3.61. The van der Waals surface area contributed by atoms with Crippen molar-refractivity contribution in [1.29, 1.82) is 0 Å². The summed E-state index contributed by atoms with van der Waals surface area (Å²) < 4.78 is 0. The fourth-order valence-electron chi connectivity index (χ4n) is 2.78. The molecule has 1 aliphatic heterocycles. The van der Waals surface area contributed by atoms with Crippen molar-refractivity contribution in [2.75, 3.05) is 14.1 Å². The van der Waals surface area contributed by atoms with Gasteiger partial charge >= 0.3 is 0 Å². The minimum atomic E-state index is -0.0128. The molecule has 1 aliphatic carbocycles. The highest BCUT2D eigenvalue weighted by Gasteiger charge is 2.31. The second-order valence-corrected chi connectivity index (χ2v) is 5.11. The highest BCUT2D eigenvalue weighted by molar-refractivity contribution is 6.15. The van der Waals surface area contributed by atoms with Gasteiger partial charge in [0.1, 0.15) is 5.84 Å². The van der Waals surface area contributed by atoms with Crippen molar-refractivity contribution in [3.8, 4) is 0 Å². The third-order valence-corrected chi connectivity index (χ3v) is 3.61. The van der Waals surface area contributed by atoms with Gasteiger partial charge in [0.05, 0.1) is 7.85 Å². The molecular weight excluding hydrogens is 207 g/mol. The van der Waals surface area contributed by atoms with Crippen LogP contribution in [0, 0.1) is 0 Å². The molecule has 17 heavy (non-hydrogen) atoms. The van der Waals surface area contributed by atoms with Gasteiger partial charge < -0.3 is 4.90 Å². The van der Waals surface area contributed by atoms with E-state index in [4.69, 9.17) is 7.85 Å². The second-order valence-electron chi connectivity index (χ2n) is 5.11. The smallest absolute Gasteiger partial charge is 0.107 e. The van der Waals surface area contributed by atoms with Gasteiger partial charge in [0, 0.05) is 26.2 Å². The fourth-order valence-corrected chi connectivity index (χ4v) is 2.78. The zero-order chi connectivity index (χ0) is 13.1. The van der Waals surface area contributed by atoms with E-state index in [1.54, 1.807) is 0 Å². The van der Waals surface area contributed by atoms with Crippen LogP contribution in [-0.2, 0) is 0 Å². The fraction of sp³-hybridized carbons (Fsp3) is 0.786. The predicted molar refractivity (Wildman–Crippen MR) is 76.7 cm³/mol. The lowest BCUT2D eigenvalue weighted by Crippen LogP contribution is -2.20. The lowest BCUT2D eigenvalue weighted by molar-refractivity contribution is 0.529. The third kappa shape index (κ3) is 3.14. The summed E-state index contributed by atoms with van der Waals surface area (Å²) >= 11 is 0. The Morgan fingerprint density at radius 3 is 2.59 bits per heavy atom. The largest absolute Gasteiger partial charge is 0.337 e. The Morgan fingerprint density at radius 1 is 1.35 bits per heavy atom. The van der Waals surface area contributed by atoms with Crippen LogP contribution in [0.5, 0.6) is 0 Å². The molecule has 3 heteroatoms. The molecule has 0 amide bonds. The molecule has 2 rings (SSSR count). The van der Waals surface area contributed by atoms with E-state index in [0.29, 0.717) is 0 Å². The van der Waals surface area contributed by atoms with Crippen molar-refractivity contribution in [2.45, 2.75) is 58.2 Å². The van der Waals surface area contributed by atoms with Crippen LogP contribution in [0.1, 0.15) is 52.9 Å². The van der Waals surface area contributed by atoms with Gasteiger partial charge in [-0.15, -0.1) is 0 Å². The second kappa shape index (κ2) is 5.75.